The molecule has 32 heavy (non-hydrogen) atoms. The van der Waals surface area contributed by atoms with Gasteiger partial charge in [-0.2, -0.15) is 0 Å². The summed E-state index contributed by atoms with van der Waals surface area (Å²) in [6.07, 6.45) is 3.19. The molecule has 0 amide bonds. The van der Waals surface area contributed by atoms with Crippen LogP contribution in [-0.2, 0) is 4.74 Å². The molecule has 8 nitrogen and oxygen atoms in total. The lowest BCUT2D eigenvalue weighted by molar-refractivity contribution is -0.0853. The largest absolute Gasteiger partial charge is 0.507 e. The number of aliphatic imine (C=N–C) groups is 1. The SMILES string of the molecule is C=N/C=C\c1cc(-c2ncc(O[C@H]3C[C@@]4(C)NC(CC4(F)F)[C@@H]3OC)nn2)c(O)cc1C. The molecule has 2 bridgehead atoms. The minimum absolute atomic E-state index is 0.00575. The predicted molar refractivity (Wildman–Crippen MR) is 115 cm³/mol. The molecule has 170 valence electrons. The molecule has 2 saturated heterocycles. The zero-order valence-electron chi connectivity index (χ0n) is 18.0. The number of aromatic nitrogens is 3. The van der Waals surface area contributed by atoms with Gasteiger partial charge in [0.25, 0.3) is 11.8 Å². The zero-order valence-corrected chi connectivity index (χ0v) is 18.0. The fourth-order valence-corrected chi connectivity index (χ4v) is 4.47. The second-order valence-corrected chi connectivity index (χ2v) is 8.40. The Balaban J connectivity index is 1.56. The molecule has 1 aromatic heterocycles. The molecule has 2 fully saturated rings. The van der Waals surface area contributed by atoms with Gasteiger partial charge in [0.15, 0.2) is 5.82 Å². The number of ether oxygens (including phenoxy) is 2. The van der Waals surface area contributed by atoms with Crippen LogP contribution in [0.2, 0.25) is 0 Å². The van der Waals surface area contributed by atoms with Gasteiger partial charge in [-0.1, -0.05) is 0 Å². The Bertz CT molecular complexity index is 1040. The number of nitrogens with zero attached hydrogens (tertiary/aromatic N) is 4. The van der Waals surface area contributed by atoms with Gasteiger partial charge in [-0.15, -0.1) is 10.2 Å². The van der Waals surface area contributed by atoms with E-state index in [0.717, 1.165) is 11.1 Å². The van der Waals surface area contributed by atoms with Crippen LogP contribution in [-0.4, -0.2) is 63.8 Å². The minimum Gasteiger partial charge on any atom is -0.507 e. The fraction of sp³-hybridized carbons (Fsp3) is 0.455. The molecule has 2 N–H and O–H groups in total. The first-order valence-electron chi connectivity index (χ1n) is 10.2. The maximum absolute atomic E-state index is 14.5. The molecule has 1 unspecified atom stereocenters. The van der Waals surface area contributed by atoms with E-state index in [4.69, 9.17) is 9.47 Å². The lowest BCUT2D eigenvalue weighted by Crippen LogP contribution is -2.62. The number of aromatic hydroxyl groups is 1. The highest BCUT2D eigenvalue weighted by molar-refractivity contribution is 5.70. The van der Waals surface area contributed by atoms with Crippen molar-refractivity contribution in [2.45, 2.75) is 56.4 Å². The van der Waals surface area contributed by atoms with Crippen LogP contribution in [0.25, 0.3) is 17.5 Å². The lowest BCUT2D eigenvalue weighted by Gasteiger charge is -2.41. The van der Waals surface area contributed by atoms with Crippen LogP contribution in [0.4, 0.5) is 8.78 Å². The number of nitrogens with one attached hydrogen (secondary N) is 1. The number of hydrogen-bond donors (Lipinski definition) is 2. The smallest absolute Gasteiger partial charge is 0.267 e. The molecule has 3 heterocycles. The van der Waals surface area contributed by atoms with Crippen molar-refractivity contribution in [1.29, 1.82) is 0 Å². The van der Waals surface area contributed by atoms with Gasteiger partial charge in [-0.25, -0.2) is 13.8 Å². The Kier molecular flexibility index (Phi) is 5.68. The maximum atomic E-state index is 14.5. The van der Waals surface area contributed by atoms with Crippen LogP contribution < -0.4 is 10.1 Å². The summed E-state index contributed by atoms with van der Waals surface area (Å²) in [4.78, 5) is 7.94. The number of piperidine rings is 1. The van der Waals surface area contributed by atoms with E-state index in [1.165, 1.54) is 20.2 Å². The first-order chi connectivity index (χ1) is 15.2. The monoisotopic (exact) mass is 445 g/mol. The average Bonchev–Trinajstić information content (AvgIpc) is 2.92. The quantitative estimate of drug-likeness (QED) is 0.659. The normalized spacial score (nSPS) is 28.7. The van der Waals surface area contributed by atoms with E-state index in [9.17, 15) is 13.9 Å². The van der Waals surface area contributed by atoms with Crippen molar-refractivity contribution in [1.82, 2.24) is 20.5 Å². The Hall–Kier alpha value is -2.98. The number of aryl methyl sites for hydroxylation is 1. The summed E-state index contributed by atoms with van der Waals surface area (Å²) in [7, 11) is 1.48. The van der Waals surface area contributed by atoms with Gasteiger partial charge in [-0.3, -0.25) is 4.99 Å². The molecule has 1 aromatic carbocycles. The van der Waals surface area contributed by atoms with Crippen LogP contribution in [0.3, 0.4) is 0 Å². The molecular weight excluding hydrogens is 420 g/mol. The van der Waals surface area contributed by atoms with Gasteiger partial charge < -0.3 is 19.9 Å². The molecule has 4 atom stereocenters. The summed E-state index contributed by atoms with van der Waals surface area (Å²) >= 11 is 0. The summed E-state index contributed by atoms with van der Waals surface area (Å²) in [6.45, 7) is 6.76. The Morgan fingerprint density at radius 1 is 1.31 bits per heavy atom. The van der Waals surface area contributed by atoms with Crippen LogP contribution in [0.15, 0.2) is 29.5 Å². The number of phenolic OH excluding ortho intramolecular Hbond substituents is 1. The Morgan fingerprint density at radius 2 is 2.09 bits per heavy atom. The minimum atomic E-state index is -2.86. The Labute approximate surface area is 184 Å². The highest BCUT2D eigenvalue weighted by Gasteiger charge is 2.64. The van der Waals surface area contributed by atoms with E-state index in [0.29, 0.717) is 5.56 Å². The number of halogens is 2. The van der Waals surface area contributed by atoms with E-state index in [1.54, 1.807) is 24.4 Å². The molecule has 0 radical (unpaired) electrons. The van der Waals surface area contributed by atoms with E-state index in [2.05, 4.69) is 32.2 Å². The number of rotatable bonds is 6. The van der Waals surface area contributed by atoms with E-state index in [1.807, 2.05) is 6.92 Å². The number of fused-ring (bicyclic) bond motifs is 2. The number of hydrogen-bond acceptors (Lipinski definition) is 8. The van der Waals surface area contributed by atoms with Crippen molar-refractivity contribution in [3.05, 3.63) is 35.7 Å². The summed E-state index contributed by atoms with van der Waals surface area (Å²) < 4.78 is 40.3. The number of benzene rings is 1. The molecule has 0 aliphatic carbocycles. The lowest BCUT2D eigenvalue weighted by atomic mass is 9.87. The molecule has 0 saturated carbocycles. The third kappa shape index (κ3) is 3.84. The molecule has 2 aromatic rings. The summed E-state index contributed by atoms with van der Waals surface area (Å²) in [5.74, 6) is -2.57. The van der Waals surface area contributed by atoms with Crippen LogP contribution in [0.5, 0.6) is 11.6 Å². The average molecular weight is 445 g/mol. The second-order valence-electron chi connectivity index (χ2n) is 8.40. The van der Waals surface area contributed by atoms with Crippen molar-refractivity contribution < 1.29 is 23.4 Å². The van der Waals surface area contributed by atoms with Gasteiger partial charge in [0.05, 0.1) is 17.3 Å². The maximum Gasteiger partial charge on any atom is 0.267 e. The summed E-state index contributed by atoms with van der Waals surface area (Å²) in [5.41, 5.74) is 0.669. The zero-order chi connectivity index (χ0) is 23.1. The third-order valence-corrected chi connectivity index (χ3v) is 6.23. The van der Waals surface area contributed by atoms with Crippen molar-refractivity contribution >= 4 is 12.8 Å². The molecular formula is C22H25F2N5O3. The first-order valence-corrected chi connectivity index (χ1v) is 10.2. The number of phenols is 1. The summed E-state index contributed by atoms with van der Waals surface area (Å²) in [6, 6.07) is 2.79. The molecule has 0 spiro atoms. The Morgan fingerprint density at radius 3 is 2.75 bits per heavy atom. The van der Waals surface area contributed by atoms with Crippen molar-refractivity contribution in [2.24, 2.45) is 4.99 Å². The van der Waals surface area contributed by atoms with Crippen LogP contribution in [0.1, 0.15) is 30.9 Å². The fourth-order valence-electron chi connectivity index (χ4n) is 4.47. The van der Waals surface area contributed by atoms with E-state index in [-0.39, 0.29) is 30.3 Å². The van der Waals surface area contributed by atoms with Gasteiger partial charge in [0, 0.05) is 32.2 Å². The predicted octanol–water partition coefficient (Wildman–Crippen LogP) is 3.15. The van der Waals surface area contributed by atoms with E-state index >= 15 is 0 Å². The topological polar surface area (TPSA) is 102 Å². The number of alkyl halides is 2. The van der Waals surface area contributed by atoms with E-state index < -0.39 is 29.7 Å². The van der Waals surface area contributed by atoms with Crippen molar-refractivity contribution in [3.63, 3.8) is 0 Å². The molecule has 4 rings (SSSR count). The van der Waals surface area contributed by atoms with Crippen molar-refractivity contribution in [3.8, 4) is 23.0 Å². The second kappa shape index (κ2) is 8.18. The van der Waals surface area contributed by atoms with Gasteiger partial charge in [0.2, 0.25) is 0 Å². The molecule has 2 aliphatic rings. The van der Waals surface area contributed by atoms with Crippen LogP contribution in [0, 0.1) is 6.92 Å². The first kappa shape index (κ1) is 22.2. The van der Waals surface area contributed by atoms with Crippen LogP contribution >= 0.6 is 0 Å². The molecule has 10 heteroatoms. The van der Waals surface area contributed by atoms with Gasteiger partial charge >= 0.3 is 0 Å². The third-order valence-electron chi connectivity index (χ3n) is 6.23. The summed E-state index contributed by atoms with van der Waals surface area (Å²) in [5, 5.41) is 21.4. The highest BCUT2D eigenvalue weighted by atomic mass is 19.3. The van der Waals surface area contributed by atoms with Gasteiger partial charge in [0.1, 0.15) is 18.0 Å². The standard InChI is InChI=1S/C22H25F2N5O3/c1-12-7-16(30)14(8-13(12)5-6-25-3)20-26-11-18(28-29-20)32-17-10-21(2)22(23,24)9-15(27-21)19(17)31-4/h5-8,11,15,17,19,27,30H,3,9-10H2,1-2,4H3/b6-5-/t15?,17-,19-,21+/m0/s1. The number of methoxy groups -OCH3 is 1. The van der Waals surface area contributed by atoms with Crippen molar-refractivity contribution in [2.75, 3.05) is 7.11 Å². The highest BCUT2D eigenvalue weighted by Crippen LogP contribution is 2.48. The molecule has 2 aliphatic heterocycles. The van der Waals surface area contributed by atoms with Gasteiger partial charge in [-0.05, 0) is 49.9 Å².